The molecule has 110 valence electrons. The van der Waals surface area contributed by atoms with Gasteiger partial charge < -0.3 is 10.2 Å². The summed E-state index contributed by atoms with van der Waals surface area (Å²) in [5.41, 5.74) is 4.66. The van der Waals surface area contributed by atoms with Crippen molar-refractivity contribution in [1.82, 2.24) is 15.1 Å². The molecule has 0 aliphatic carbocycles. The number of benzene rings is 1. The number of hydrogen-bond acceptors (Lipinski definition) is 3. The van der Waals surface area contributed by atoms with E-state index in [4.69, 9.17) is 0 Å². The highest BCUT2D eigenvalue weighted by atomic mass is 15.2. The smallest absolute Gasteiger partial charge is 0.0254 e. The first-order chi connectivity index (χ1) is 9.65. The van der Waals surface area contributed by atoms with Crippen LogP contribution in [0.2, 0.25) is 0 Å². The van der Waals surface area contributed by atoms with Gasteiger partial charge in [0.2, 0.25) is 0 Å². The van der Waals surface area contributed by atoms with Crippen LogP contribution in [0, 0.1) is 5.92 Å². The molecule has 2 heterocycles. The molecule has 2 unspecified atom stereocenters. The van der Waals surface area contributed by atoms with Gasteiger partial charge in [0.05, 0.1) is 0 Å². The molecule has 1 aromatic carbocycles. The third-order valence-corrected chi connectivity index (χ3v) is 4.94. The minimum atomic E-state index is 0.705. The van der Waals surface area contributed by atoms with Gasteiger partial charge in [-0.3, -0.25) is 4.90 Å². The molecule has 1 aromatic rings. The minimum absolute atomic E-state index is 0.705. The van der Waals surface area contributed by atoms with Crippen molar-refractivity contribution in [3.05, 3.63) is 34.9 Å². The van der Waals surface area contributed by atoms with E-state index in [0.29, 0.717) is 6.04 Å². The van der Waals surface area contributed by atoms with E-state index >= 15 is 0 Å². The molecule has 0 aromatic heterocycles. The monoisotopic (exact) mass is 273 g/mol. The molecule has 1 N–H and O–H groups in total. The van der Waals surface area contributed by atoms with Gasteiger partial charge in [0.1, 0.15) is 0 Å². The standard InChI is InChI=1S/C17H27N3/c1-13-10-20(12-17(13)19(2)3)11-15-6-4-5-14-9-18-8-7-16(14)15/h4-6,13,17-18H,7-12H2,1-3H3. The third-order valence-electron chi connectivity index (χ3n) is 4.94. The molecule has 0 bridgehead atoms. The Morgan fingerprint density at radius 3 is 2.90 bits per heavy atom. The normalized spacial score (nSPS) is 27.0. The molecule has 2 aliphatic heterocycles. The summed E-state index contributed by atoms with van der Waals surface area (Å²) in [5, 5.41) is 3.47. The van der Waals surface area contributed by atoms with Crippen molar-refractivity contribution in [2.24, 2.45) is 5.92 Å². The molecule has 0 saturated carbocycles. The van der Waals surface area contributed by atoms with Crippen LogP contribution in [0.25, 0.3) is 0 Å². The fourth-order valence-electron chi connectivity index (χ4n) is 3.85. The number of rotatable bonds is 3. The number of fused-ring (bicyclic) bond motifs is 1. The summed E-state index contributed by atoms with van der Waals surface area (Å²) in [6.07, 6.45) is 1.19. The molecule has 0 spiro atoms. The van der Waals surface area contributed by atoms with Crippen molar-refractivity contribution in [1.29, 1.82) is 0 Å². The predicted octanol–water partition coefficient (Wildman–Crippen LogP) is 1.71. The van der Waals surface area contributed by atoms with Crippen LogP contribution in [0.15, 0.2) is 18.2 Å². The van der Waals surface area contributed by atoms with Gasteiger partial charge in [-0.15, -0.1) is 0 Å². The van der Waals surface area contributed by atoms with Gasteiger partial charge in [-0.05, 0) is 49.7 Å². The summed E-state index contributed by atoms with van der Waals surface area (Å²) in [4.78, 5) is 5.02. The quantitative estimate of drug-likeness (QED) is 0.904. The van der Waals surface area contributed by atoms with E-state index in [-0.39, 0.29) is 0 Å². The molecule has 2 aliphatic rings. The maximum Gasteiger partial charge on any atom is 0.0254 e. The Kier molecular flexibility index (Phi) is 4.11. The predicted molar refractivity (Wildman–Crippen MR) is 83.8 cm³/mol. The van der Waals surface area contributed by atoms with Crippen molar-refractivity contribution in [2.75, 3.05) is 33.7 Å². The highest BCUT2D eigenvalue weighted by Gasteiger charge is 2.31. The fourth-order valence-corrected chi connectivity index (χ4v) is 3.85. The number of nitrogens with zero attached hydrogens (tertiary/aromatic N) is 2. The third kappa shape index (κ3) is 2.76. The van der Waals surface area contributed by atoms with Gasteiger partial charge in [0, 0.05) is 32.2 Å². The average Bonchev–Trinajstić information content (AvgIpc) is 2.80. The lowest BCUT2D eigenvalue weighted by molar-refractivity contribution is 0.250. The van der Waals surface area contributed by atoms with Gasteiger partial charge in [-0.1, -0.05) is 25.1 Å². The Labute approximate surface area is 123 Å². The summed E-state index contributed by atoms with van der Waals surface area (Å²) in [5.74, 6) is 0.770. The zero-order chi connectivity index (χ0) is 14.1. The van der Waals surface area contributed by atoms with Gasteiger partial charge in [-0.2, -0.15) is 0 Å². The number of likely N-dealkylation sites (N-methyl/N-ethyl adjacent to an activating group) is 1. The second-order valence-electron chi connectivity index (χ2n) is 6.68. The molecule has 0 radical (unpaired) electrons. The van der Waals surface area contributed by atoms with Crippen LogP contribution in [-0.2, 0) is 19.5 Å². The van der Waals surface area contributed by atoms with Gasteiger partial charge in [0.15, 0.2) is 0 Å². The number of nitrogens with one attached hydrogen (secondary N) is 1. The zero-order valence-corrected chi connectivity index (χ0v) is 13.0. The van der Waals surface area contributed by atoms with E-state index in [2.05, 4.69) is 54.3 Å². The van der Waals surface area contributed by atoms with E-state index in [1.165, 1.54) is 25.1 Å². The molecular weight excluding hydrogens is 246 g/mol. The lowest BCUT2D eigenvalue weighted by Crippen LogP contribution is -2.34. The first-order valence-corrected chi connectivity index (χ1v) is 7.84. The molecule has 2 atom stereocenters. The van der Waals surface area contributed by atoms with E-state index in [1.54, 1.807) is 11.1 Å². The Bertz CT molecular complexity index is 469. The van der Waals surface area contributed by atoms with Crippen LogP contribution in [0.1, 0.15) is 23.6 Å². The Hall–Kier alpha value is -0.900. The molecule has 0 amide bonds. The van der Waals surface area contributed by atoms with Crippen molar-refractivity contribution in [2.45, 2.75) is 32.5 Å². The van der Waals surface area contributed by atoms with E-state index in [9.17, 15) is 0 Å². The molecule has 1 fully saturated rings. The second-order valence-corrected chi connectivity index (χ2v) is 6.68. The maximum absolute atomic E-state index is 3.47. The van der Waals surface area contributed by atoms with Gasteiger partial charge >= 0.3 is 0 Å². The van der Waals surface area contributed by atoms with Crippen LogP contribution < -0.4 is 5.32 Å². The van der Waals surface area contributed by atoms with Crippen LogP contribution in [0.4, 0.5) is 0 Å². The lowest BCUT2D eigenvalue weighted by Gasteiger charge is -2.24. The molecular formula is C17H27N3. The second kappa shape index (κ2) is 5.84. The largest absolute Gasteiger partial charge is 0.312 e. The Balaban J connectivity index is 1.73. The highest BCUT2D eigenvalue weighted by molar-refractivity contribution is 5.37. The van der Waals surface area contributed by atoms with E-state index < -0.39 is 0 Å². The summed E-state index contributed by atoms with van der Waals surface area (Å²) in [6.45, 7) is 8.11. The Morgan fingerprint density at radius 1 is 1.30 bits per heavy atom. The SMILES string of the molecule is CC1CN(Cc2cccc3c2CCNC3)CC1N(C)C. The van der Waals surface area contributed by atoms with Crippen molar-refractivity contribution in [3.8, 4) is 0 Å². The van der Waals surface area contributed by atoms with Crippen LogP contribution in [-0.4, -0.2) is 49.6 Å². The van der Waals surface area contributed by atoms with Crippen LogP contribution in [0.3, 0.4) is 0 Å². The average molecular weight is 273 g/mol. The molecule has 1 saturated heterocycles. The lowest BCUT2D eigenvalue weighted by atomic mass is 9.95. The van der Waals surface area contributed by atoms with Crippen molar-refractivity contribution in [3.63, 3.8) is 0 Å². The molecule has 3 nitrogen and oxygen atoms in total. The molecule has 3 heteroatoms. The maximum atomic E-state index is 3.47. The van der Waals surface area contributed by atoms with Crippen molar-refractivity contribution < 1.29 is 0 Å². The summed E-state index contributed by atoms with van der Waals surface area (Å²) in [7, 11) is 4.42. The van der Waals surface area contributed by atoms with Crippen LogP contribution in [0.5, 0.6) is 0 Å². The van der Waals surface area contributed by atoms with Gasteiger partial charge in [0.25, 0.3) is 0 Å². The number of likely N-dealkylation sites (tertiary alicyclic amines) is 1. The summed E-state index contributed by atoms with van der Waals surface area (Å²) >= 11 is 0. The van der Waals surface area contributed by atoms with E-state index in [0.717, 1.165) is 25.6 Å². The number of hydrogen-bond donors (Lipinski definition) is 1. The molecule has 3 rings (SSSR count). The first-order valence-electron chi connectivity index (χ1n) is 7.84. The molecule has 20 heavy (non-hydrogen) atoms. The summed E-state index contributed by atoms with van der Waals surface area (Å²) in [6, 6.07) is 7.54. The Morgan fingerprint density at radius 2 is 2.15 bits per heavy atom. The van der Waals surface area contributed by atoms with Gasteiger partial charge in [-0.25, -0.2) is 0 Å². The minimum Gasteiger partial charge on any atom is -0.312 e. The van der Waals surface area contributed by atoms with Crippen molar-refractivity contribution >= 4 is 0 Å². The fraction of sp³-hybridized carbons (Fsp3) is 0.647. The van der Waals surface area contributed by atoms with E-state index in [1.807, 2.05) is 0 Å². The topological polar surface area (TPSA) is 18.5 Å². The summed E-state index contributed by atoms with van der Waals surface area (Å²) < 4.78 is 0. The first kappa shape index (κ1) is 14.1. The van der Waals surface area contributed by atoms with Crippen LogP contribution >= 0.6 is 0 Å². The zero-order valence-electron chi connectivity index (χ0n) is 13.0. The highest BCUT2D eigenvalue weighted by Crippen LogP contribution is 2.25.